The highest BCUT2D eigenvalue weighted by atomic mass is 15.2. The maximum absolute atomic E-state index is 2.67. The van der Waals surface area contributed by atoms with Crippen LogP contribution in [0.2, 0.25) is 0 Å². The summed E-state index contributed by atoms with van der Waals surface area (Å²) in [6, 6.07) is 0. The van der Waals surface area contributed by atoms with Crippen LogP contribution in [0.15, 0.2) is 0 Å². The summed E-state index contributed by atoms with van der Waals surface area (Å²) in [6.07, 6.45) is 14.3. The molecule has 0 aliphatic heterocycles. The first-order chi connectivity index (χ1) is 9.48. The van der Waals surface area contributed by atoms with Gasteiger partial charge in [0.1, 0.15) is 0 Å². The molecule has 0 amide bonds. The standard InChI is InChI=1S/C19H39N/c1-6-7-13-17(2)16-20(5)19(3,4)18-14-11-9-8-10-12-15-18/h17-18H,6-16H2,1-5H3. The number of hydrogen-bond donors (Lipinski definition) is 0. The molecule has 0 radical (unpaired) electrons. The van der Waals surface area contributed by atoms with Gasteiger partial charge < -0.3 is 4.90 Å². The van der Waals surface area contributed by atoms with E-state index in [0.29, 0.717) is 5.54 Å². The first-order valence-electron chi connectivity index (χ1n) is 9.19. The third kappa shape index (κ3) is 5.76. The largest absolute Gasteiger partial charge is 0.301 e. The maximum Gasteiger partial charge on any atom is 0.0178 e. The number of rotatable bonds is 7. The Bertz CT molecular complexity index is 238. The average Bonchev–Trinajstić information content (AvgIpc) is 2.35. The van der Waals surface area contributed by atoms with E-state index in [1.807, 2.05) is 0 Å². The van der Waals surface area contributed by atoms with Gasteiger partial charge in [0, 0.05) is 12.1 Å². The highest BCUT2D eigenvalue weighted by Gasteiger charge is 2.33. The van der Waals surface area contributed by atoms with E-state index >= 15 is 0 Å². The molecule has 0 bridgehead atoms. The third-order valence-corrected chi connectivity index (χ3v) is 5.72. The molecule has 1 unspecified atom stereocenters. The lowest BCUT2D eigenvalue weighted by atomic mass is 9.77. The molecule has 1 heteroatoms. The minimum atomic E-state index is 0.373. The van der Waals surface area contributed by atoms with E-state index in [1.165, 1.54) is 70.8 Å². The molecule has 0 spiro atoms. The van der Waals surface area contributed by atoms with Crippen LogP contribution >= 0.6 is 0 Å². The zero-order valence-corrected chi connectivity index (χ0v) is 14.9. The van der Waals surface area contributed by atoms with Gasteiger partial charge in [-0.25, -0.2) is 0 Å². The normalized spacial score (nSPS) is 20.7. The zero-order chi connectivity index (χ0) is 15.0. The summed E-state index contributed by atoms with van der Waals surface area (Å²) in [4.78, 5) is 2.67. The quantitative estimate of drug-likeness (QED) is 0.563. The molecule has 120 valence electrons. The van der Waals surface area contributed by atoms with Gasteiger partial charge in [0.2, 0.25) is 0 Å². The van der Waals surface area contributed by atoms with Crippen molar-refractivity contribution in [2.45, 2.75) is 97.4 Å². The molecule has 1 saturated carbocycles. The highest BCUT2D eigenvalue weighted by Crippen LogP contribution is 2.34. The van der Waals surface area contributed by atoms with Gasteiger partial charge in [0.25, 0.3) is 0 Å². The van der Waals surface area contributed by atoms with Crippen LogP contribution in [0.1, 0.15) is 91.9 Å². The number of hydrogen-bond acceptors (Lipinski definition) is 1. The lowest BCUT2D eigenvalue weighted by molar-refractivity contribution is 0.0595. The molecule has 1 atom stereocenters. The molecule has 0 aromatic carbocycles. The Kier molecular flexibility index (Phi) is 8.17. The van der Waals surface area contributed by atoms with Crippen molar-refractivity contribution in [2.24, 2.45) is 11.8 Å². The summed E-state index contributed by atoms with van der Waals surface area (Å²) in [6.45, 7) is 11.0. The van der Waals surface area contributed by atoms with E-state index in [2.05, 4.69) is 39.6 Å². The summed E-state index contributed by atoms with van der Waals surface area (Å²) in [7, 11) is 2.36. The van der Waals surface area contributed by atoms with E-state index in [-0.39, 0.29) is 0 Å². The average molecular weight is 282 g/mol. The first-order valence-corrected chi connectivity index (χ1v) is 9.19. The predicted octanol–water partition coefficient (Wildman–Crippen LogP) is 5.88. The zero-order valence-electron chi connectivity index (χ0n) is 14.9. The molecule has 20 heavy (non-hydrogen) atoms. The van der Waals surface area contributed by atoms with Crippen LogP contribution < -0.4 is 0 Å². The van der Waals surface area contributed by atoms with Gasteiger partial charge in [0.15, 0.2) is 0 Å². The molecule has 1 aliphatic carbocycles. The van der Waals surface area contributed by atoms with Crippen LogP contribution in [0.5, 0.6) is 0 Å². The van der Waals surface area contributed by atoms with E-state index in [4.69, 9.17) is 0 Å². The van der Waals surface area contributed by atoms with Crippen molar-refractivity contribution in [2.75, 3.05) is 13.6 Å². The van der Waals surface area contributed by atoms with Crippen molar-refractivity contribution in [3.63, 3.8) is 0 Å². The third-order valence-electron chi connectivity index (χ3n) is 5.72. The Labute approximate surface area is 128 Å². The van der Waals surface area contributed by atoms with E-state index in [1.54, 1.807) is 0 Å². The molecule has 1 aliphatic rings. The number of unbranched alkanes of at least 4 members (excludes halogenated alkanes) is 1. The second-order valence-electron chi connectivity index (χ2n) is 7.82. The van der Waals surface area contributed by atoms with E-state index < -0.39 is 0 Å². The predicted molar refractivity (Wildman–Crippen MR) is 91.2 cm³/mol. The highest BCUT2D eigenvalue weighted by molar-refractivity contribution is 4.88. The Morgan fingerprint density at radius 3 is 2.15 bits per heavy atom. The van der Waals surface area contributed by atoms with Gasteiger partial charge in [-0.15, -0.1) is 0 Å². The van der Waals surface area contributed by atoms with Crippen molar-refractivity contribution >= 4 is 0 Å². The van der Waals surface area contributed by atoms with Gasteiger partial charge in [0.05, 0.1) is 0 Å². The lowest BCUT2D eigenvalue weighted by Gasteiger charge is -2.44. The van der Waals surface area contributed by atoms with Crippen LogP contribution in [-0.4, -0.2) is 24.0 Å². The van der Waals surface area contributed by atoms with Crippen LogP contribution in [0.3, 0.4) is 0 Å². The Morgan fingerprint density at radius 2 is 1.60 bits per heavy atom. The topological polar surface area (TPSA) is 3.24 Å². The molecule has 0 heterocycles. The van der Waals surface area contributed by atoms with Crippen LogP contribution in [-0.2, 0) is 0 Å². The molecule has 0 N–H and O–H groups in total. The van der Waals surface area contributed by atoms with Crippen molar-refractivity contribution in [1.29, 1.82) is 0 Å². The molecule has 0 aromatic rings. The monoisotopic (exact) mass is 281 g/mol. The molecular formula is C19H39N. The Balaban J connectivity index is 2.50. The fraction of sp³-hybridized carbons (Fsp3) is 1.00. The molecular weight excluding hydrogens is 242 g/mol. The van der Waals surface area contributed by atoms with Gasteiger partial charge in [-0.05, 0) is 52.0 Å². The summed E-state index contributed by atoms with van der Waals surface area (Å²) < 4.78 is 0. The Hall–Kier alpha value is -0.0400. The number of nitrogens with zero attached hydrogens (tertiary/aromatic N) is 1. The van der Waals surface area contributed by atoms with Crippen molar-refractivity contribution < 1.29 is 0 Å². The maximum atomic E-state index is 2.67. The second-order valence-corrected chi connectivity index (χ2v) is 7.82. The van der Waals surface area contributed by atoms with Crippen LogP contribution in [0.25, 0.3) is 0 Å². The van der Waals surface area contributed by atoms with Gasteiger partial charge in [-0.3, -0.25) is 0 Å². The molecule has 0 saturated heterocycles. The van der Waals surface area contributed by atoms with Crippen molar-refractivity contribution in [3.8, 4) is 0 Å². The van der Waals surface area contributed by atoms with Crippen LogP contribution in [0.4, 0.5) is 0 Å². The second kappa shape index (κ2) is 9.07. The summed E-state index contributed by atoms with van der Waals surface area (Å²) in [5.41, 5.74) is 0.373. The van der Waals surface area contributed by atoms with Crippen molar-refractivity contribution in [3.05, 3.63) is 0 Å². The SMILES string of the molecule is CCCCC(C)CN(C)C(C)(C)C1CCCCCCC1. The fourth-order valence-corrected chi connectivity index (χ4v) is 3.82. The van der Waals surface area contributed by atoms with Crippen molar-refractivity contribution in [1.82, 2.24) is 4.90 Å². The molecule has 0 aromatic heterocycles. The summed E-state index contributed by atoms with van der Waals surface area (Å²) in [5, 5.41) is 0. The van der Waals surface area contributed by atoms with Gasteiger partial charge >= 0.3 is 0 Å². The summed E-state index contributed by atoms with van der Waals surface area (Å²) >= 11 is 0. The Morgan fingerprint density at radius 1 is 1.05 bits per heavy atom. The fourth-order valence-electron chi connectivity index (χ4n) is 3.82. The lowest BCUT2D eigenvalue weighted by Crippen LogP contribution is -2.49. The minimum absolute atomic E-state index is 0.373. The van der Waals surface area contributed by atoms with Gasteiger partial charge in [-0.2, -0.15) is 0 Å². The van der Waals surface area contributed by atoms with E-state index in [9.17, 15) is 0 Å². The first kappa shape index (κ1) is 18.0. The molecule has 1 fully saturated rings. The molecule has 1 nitrogen and oxygen atoms in total. The smallest absolute Gasteiger partial charge is 0.0178 e. The van der Waals surface area contributed by atoms with Gasteiger partial charge in [-0.1, -0.05) is 58.8 Å². The summed E-state index contributed by atoms with van der Waals surface area (Å²) in [5.74, 6) is 1.74. The van der Waals surface area contributed by atoms with E-state index in [0.717, 1.165) is 11.8 Å². The molecule has 1 rings (SSSR count). The van der Waals surface area contributed by atoms with Crippen LogP contribution in [0, 0.1) is 11.8 Å². The minimum Gasteiger partial charge on any atom is -0.301 e.